The van der Waals surface area contributed by atoms with Crippen LogP contribution in [0.2, 0.25) is 0 Å². The largest absolute Gasteiger partial charge is 0.325 e. The molecule has 0 bridgehead atoms. The topological polar surface area (TPSA) is 63.4 Å². The molecule has 1 saturated heterocycles. The normalized spacial score (nSPS) is 43.5. The van der Waals surface area contributed by atoms with Crippen LogP contribution < -0.4 is 5.73 Å². The third-order valence-electron chi connectivity index (χ3n) is 3.73. The lowest BCUT2D eigenvalue weighted by molar-refractivity contribution is 0.232. The van der Waals surface area contributed by atoms with Crippen molar-refractivity contribution in [3.05, 3.63) is 0 Å². The first-order valence-electron chi connectivity index (χ1n) is 5.55. The molecule has 5 heteroatoms. The van der Waals surface area contributed by atoms with Gasteiger partial charge in [-0.1, -0.05) is 6.92 Å². The molecule has 0 spiro atoms. The Kier molecular flexibility index (Phi) is 2.81. The van der Waals surface area contributed by atoms with Gasteiger partial charge in [0.15, 0.2) is 9.84 Å². The van der Waals surface area contributed by atoms with Crippen molar-refractivity contribution >= 4 is 9.84 Å². The van der Waals surface area contributed by atoms with Crippen molar-refractivity contribution in [3.63, 3.8) is 0 Å². The number of rotatable bonds is 3. The van der Waals surface area contributed by atoms with Crippen molar-refractivity contribution in [3.8, 4) is 0 Å². The van der Waals surface area contributed by atoms with E-state index in [-0.39, 0.29) is 23.6 Å². The molecule has 2 rings (SSSR count). The molecule has 0 radical (unpaired) electrons. The molecule has 1 aliphatic heterocycles. The third-order valence-corrected chi connectivity index (χ3v) is 5.47. The summed E-state index contributed by atoms with van der Waals surface area (Å²) in [7, 11) is -0.889. The molecule has 15 heavy (non-hydrogen) atoms. The Balaban J connectivity index is 1.93. The maximum absolute atomic E-state index is 11.4. The summed E-state index contributed by atoms with van der Waals surface area (Å²) in [4.78, 5) is 2.14. The van der Waals surface area contributed by atoms with Gasteiger partial charge in [0.25, 0.3) is 0 Å². The van der Waals surface area contributed by atoms with Crippen molar-refractivity contribution in [2.75, 3.05) is 25.1 Å². The van der Waals surface area contributed by atoms with Crippen molar-refractivity contribution in [2.24, 2.45) is 17.6 Å². The lowest BCUT2D eigenvalue weighted by atomic mass is 10.1. The molecule has 0 aromatic carbocycles. The van der Waals surface area contributed by atoms with E-state index in [2.05, 4.69) is 11.8 Å². The Labute approximate surface area is 91.7 Å². The maximum atomic E-state index is 11.4. The van der Waals surface area contributed by atoms with Gasteiger partial charge in [-0.05, 0) is 25.3 Å². The summed E-state index contributed by atoms with van der Waals surface area (Å²) >= 11 is 0. The predicted octanol–water partition coefficient (Wildman–Crippen LogP) is -0.301. The van der Waals surface area contributed by atoms with E-state index in [0.29, 0.717) is 0 Å². The third kappa shape index (κ3) is 2.52. The smallest absolute Gasteiger partial charge is 0.153 e. The Morgan fingerprint density at radius 3 is 2.40 bits per heavy atom. The summed E-state index contributed by atoms with van der Waals surface area (Å²) in [5.41, 5.74) is 5.87. The molecule has 0 aromatic rings. The van der Waals surface area contributed by atoms with Gasteiger partial charge in [0.1, 0.15) is 0 Å². The van der Waals surface area contributed by atoms with Crippen LogP contribution in [0.3, 0.4) is 0 Å². The highest BCUT2D eigenvalue weighted by molar-refractivity contribution is 7.91. The monoisotopic (exact) mass is 232 g/mol. The zero-order valence-corrected chi connectivity index (χ0v) is 10.2. The second kappa shape index (κ2) is 3.71. The van der Waals surface area contributed by atoms with E-state index >= 15 is 0 Å². The zero-order valence-electron chi connectivity index (χ0n) is 9.39. The van der Waals surface area contributed by atoms with E-state index in [4.69, 9.17) is 5.73 Å². The van der Waals surface area contributed by atoms with E-state index in [1.807, 2.05) is 7.05 Å². The lowest BCUT2D eigenvalue weighted by Crippen LogP contribution is -2.45. The van der Waals surface area contributed by atoms with Crippen LogP contribution in [0.15, 0.2) is 0 Å². The number of sulfone groups is 1. The van der Waals surface area contributed by atoms with Gasteiger partial charge < -0.3 is 10.6 Å². The van der Waals surface area contributed by atoms with Gasteiger partial charge in [0, 0.05) is 18.6 Å². The van der Waals surface area contributed by atoms with Gasteiger partial charge >= 0.3 is 0 Å². The molecule has 1 saturated carbocycles. The van der Waals surface area contributed by atoms with Gasteiger partial charge in [-0.2, -0.15) is 0 Å². The Morgan fingerprint density at radius 2 is 2.00 bits per heavy atom. The molecule has 2 fully saturated rings. The number of nitrogens with two attached hydrogens (primary N) is 1. The van der Waals surface area contributed by atoms with E-state index in [1.54, 1.807) is 0 Å². The van der Waals surface area contributed by atoms with Crippen LogP contribution in [0.1, 0.15) is 13.3 Å². The second-order valence-electron chi connectivity index (χ2n) is 5.22. The summed E-state index contributed by atoms with van der Waals surface area (Å²) in [6.07, 6.45) is 1.28. The van der Waals surface area contributed by atoms with Crippen LogP contribution in [-0.4, -0.2) is 50.5 Å². The van der Waals surface area contributed by atoms with E-state index in [1.165, 1.54) is 6.42 Å². The van der Waals surface area contributed by atoms with Crippen molar-refractivity contribution < 1.29 is 8.42 Å². The van der Waals surface area contributed by atoms with Crippen LogP contribution in [0.4, 0.5) is 0 Å². The van der Waals surface area contributed by atoms with Gasteiger partial charge in [0.2, 0.25) is 0 Å². The molecule has 4 nitrogen and oxygen atoms in total. The molecule has 88 valence electrons. The minimum Gasteiger partial charge on any atom is -0.325 e. The molecular weight excluding hydrogens is 212 g/mol. The van der Waals surface area contributed by atoms with Crippen molar-refractivity contribution in [2.45, 2.75) is 25.4 Å². The summed E-state index contributed by atoms with van der Waals surface area (Å²) < 4.78 is 22.8. The van der Waals surface area contributed by atoms with Crippen LogP contribution >= 0.6 is 0 Å². The molecule has 4 unspecified atom stereocenters. The highest BCUT2D eigenvalue weighted by Gasteiger charge is 2.40. The fourth-order valence-corrected chi connectivity index (χ4v) is 4.44. The number of nitrogens with zero attached hydrogens (tertiary/aromatic N) is 1. The summed E-state index contributed by atoms with van der Waals surface area (Å²) in [5.74, 6) is 1.96. The highest BCUT2D eigenvalue weighted by Crippen LogP contribution is 2.38. The van der Waals surface area contributed by atoms with Crippen LogP contribution in [0, 0.1) is 11.8 Å². The van der Waals surface area contributed by atoms with E-state index in [0.717, 1.165) is 18.4 Å². The van der Waals surface area contributed by atoms with E-state index in [9.17, 15) is 8.42 Å². The molecular formula is C10H20N2O2S. The molecule has 0 amide bonds. The summed E-state index contributed by atoms with van der Waals surface area (Å²) in [6, 6.07) is -0.170. The minimum atomic E-state index is -2.89. The SMILES string of the molecule is CC1CC1CN(C)C1CS(=O)(=O)CC1N. The number of hydrogen-bond donors (Lipinski definition) is 1. The molecule has 4 atom stereocenters. The van der Waals surface area contributed by atoms with Crippen molar-refractivity contribution in [1.29, 1.82) is 0 Å². The fraction of sp³-hybridized carbons (Fsp3) is 1.00. The molecule has 1 heterocycles. The highest BCUT2D eigenvalue weighted by atomic mass is 32.2. The fourth-order valence-electron chi connectivity index (χ4n) is 2.47. The van der Waals surface area contributed by atoms with Crippen LogP contribution in [0.5, 0.6) is 0 Å². The zero-order chi connectivity index (χ0) is 11.2. The predicted molar refractivity (Wildman–Crippen MR) is 60.3 cm³/mol. The lowest BCUT2D eigenvalue weighted by Gasteiger charge is -2.26. The average molecular weight is 232 g/mol. The Morgan fingerprint density at radius 1 is 1.40 bits per heavy atom. The number of hydrogen-bond acceptors (Lipinski definition) is 4. The van der Waals surface area contributed by atoms with E-state index < -0.39 is 9.84 Å². The summed E-state index contributed by atoms with van der Waals surface area (Å²) in [5, 5.41) is 0. The standard InChI is InChI=1S/C10H20N2O2S/c1-7-3-8(7)4-12(2)10-6-15(13,14)5-9(10)11/h7-10H,3-6,11H2,1-2H3. The average Bonchev–Trinajstić information content (AvgIpc) is 2.67. The molecule has 0 aromatic heterocycles. The van der Waals surface area contributed by atoms with Gasteiger partial charge in [-0.15, -0.1) is 0 Å². The van der Waals surface area contributed by atoms with Crippen molar-refractivity contribution in [1.82, 2.24) is 4.90 Å². The maximum Gasteiger partial charge on any atom is 0.153 e. The first kappa shape index (κ1) is 11.4. The molecule has 1 aliphatic carbocycles. The molecule has 2 aliphatic rings. The van der Waals surface area contributed by atoms with Crippen LogP contribution in [0.25, 0.3) is 0 Å². The van der Waals surface area contributed by atoms with Gasteiger partial charge in [0.05, 0.1) is 11.5 Å². The summed E-state index contributed by atoms with van der Waals surface area (Å²) in [6.45, 7) is 3.23. The second-order valence-corrected chi connectivity index (χ2v) is 7.37. The Bertz CT molecular complexity index is 341. The number of likely N-dealkylation sites (N-methyl/N-ethyl adjacent to an activating group) is 1. The molecule has 2 N–H and O–H groups in total. The first-order chi connectivity index (χ1) is 6.89. The van der Waals surface area contributed by atoms with Crippen LogP contribution in [-0.2, 0) is 9.84 Å². The minimum absolute atomic E-state index is 0.0304. The quantitative estimate of drug-likeness (QED) is 0.725. The first-order valence-corrected chi connectivity index (χ1v) is 7.37. The van der Waals surface area contributed by atoms with Gasteiger partial charge in [-0.3, -0.25) is 0 Å². The van der Waals surface area contributed by atoms with Gasteiger partial charge in [-0.25, -0.2) is 8.42 Å². The Hall–Kier alpha value is -0.130.